The van der Waals surface area contributed by atoms with Crippen LogP contribution in [0.4, 0.5) is 18.9 Å². The smallest absolute Gasteiger partial charge is 0.416 e. The predicted molar refractivity (Wildman–Crippen MR) is 116 cm³/mol. The summed E-state index contributed by atoms with van der Waals surface area (Å²) in [4.78, 5) is 14.5. The van der Waals surface area contributed by atoms with E-state index in [1.807, 2.05) is 19.1 Å². The normalized spacial score (nSPS) is 11.4. The van der Waals surface area contributed by atoms with E-state index in [-0.39, 0.29) is 10.7 Å². The largest absolute Gasteiger partial charge is 0.493 e. The molecule has 32 heavy (non-hydrogen) atoms. The molecule has 0 aliphatic heterocycles. The fourth-order valence-corrected chi connectivity index (χ4v) is 3.49. The van der Waals surface area contributed by atoms with Crippen LogP contribution in [0.1, 0.15) is 16.7 Å². The topological polar surface area (TPSA) is 56.6 Å². The van der Waals surface area contributed by atoms with Gasteiger partial charge in [-0.15, -0.1) is 0 Å². The van der Waals surface area contributed by atoms with Gasteiger partial charge in [-0.2, -0.15) is 23.0 Å². The SMILES string of the molecule is COc1cc(C)c(CN(C)c2cnn(-c3cccc(C(F)(F)F)c3)c(=O)c2Cl)cc1OC. The highest BCUT2D eigenvalue weighted by Crippen LogP contribution is 2.32. The number of anilines is 1. The van der Waals surface area contributed by atoms with Gasteiger partial charge in [0.2, 0.25) is 0 Å². The lowest BCUT2D eigenvalue weighted by atomic mass is 10.1. The molecule has 6 nitrogen and oxygen atoms in total. The number of aryl methyl sites for hydroxylation is 1. The second-order valence-electron chi connectivity index (χ2n) is 7.10. The molecule has 3 rings (SSSR count). The molecule has 0 saturated carbocycles. The summed E-state index contributed by atoms with van der Waals surface area (Å²) in [5.41, 5.74) is 0.550. The maximum Gasteiger partial charge on any atom is 0.416 e. The van der Waals surface area contributed by atoms with Gasteiger partial charge in [0, 0.05) is 13.6 Å². The highest BCUT2D eigenvalue weighted by atomic mass is 35.5. The maximum absolute atomic E-state index is 13.0. The average Bonchev–Trinajstić information content (AvgIpc) is 2.76. The molecule has 0 amide bonds. The van der Waals surface area contributed by atoms with Gasteiger partial charge in [-0.3, -0.25) is 4.79 Å². The van der Waals surface area contributed by atoms with Gasteiger partial charge in [0.25, 0.3) is 5.56 Å². The zero-order valence-electron chi connectivity index (χ0n) is 17.8. The van der Waals surface area contributed by atoms with E-state index in [0.29, 0.717) is 23.7 Å². The summed E-state index contributed by atoms with van der Waals surface area (Å²) in [6.07, 6.45) is -3.19. The minimum Gasteiger partial charge on any atom is -0.493 e. The summed E-state index contributed by atoms with van der Waals surface area (Å²) in [6, 6.07) is 8.00. The molecule has 0 unspecified atom stereocenters. The Hall–Kier alpha value is -3.20. The minimum absolute atomic E-state index is 0.0309. The molecule has 1 heterocycles. The molecule has 0 saturated heterocycles. The predicted octanol–water partition coefficient (Wildman–Crippen LogP) is 4.87. The van der Waals surface area contributed by atoms with Gasteiger partial charge in [-0.05, 0) is 48.4 Å². The molecule has 0 aliphatic rings. The minimum atomic E-state index is -4.54. The van der Waals surface area contributed by atoms with E-state index in [1.54, 1.807) is 19.1 Å². The Bertz CT molecular complexity index is 1200. The number of ether oxygens (including phenoxy) is 2. The summed E-state index contributed by atoms with van der Waals surface area (Å²) in [6.45, 7) is 2.29. The van der Waals surface area contributed by atoms with Crippen molar-refractivity contribution in [2.45, 2.75) is 19.6 Å². The highest BCUT2D eigenvalue weighted by molar-refractivity contribution is 6.33. The monoisotopic (exact) mass is 467 g/mol. The number of alkyl halides is 3. The van der Waals surface area contributed by atoms with Crippen molar-refractivity contribution in [2.24, 2.45) is 0 Å². The van der Waals surface area contributed by atoms with Crippen LogP contribution < -0.4 is 19.9 Å². The van der Waals surface area contributed by atoms with Gasteiger partial charge < -0.3 is 14.4 Å². The molecule has 0 bridgehead atoms. The molecule has 1 aromatic heterocycles. The fourth-order valence-electron chi connectivity index (χ4n) is 3.22. The Morgan fingerprint density at radius 3 is 2.41 bits per heavy atom. The van der Waals surface area contributed by atoms with Crippen molar-refractivity contribution in [3.63, 3.8) is 0 Å². The van der Waals surface area contributed by atoms with E-state index in [9.17, 15) is 18.0 Å². The molecule has 170 valence electrons. The van der Waals surface area contributed by atoms with Crippen LogP contribution in [0.3, 0.4) is 0 Å². The van der Waals surface area contributed by atoms with Crippen molar-refractivity contribution in [3.05, 3.63) is 74.7 Å². The third-order valence-electron chi connectivity index (χ3n) is 4.98. The summed E-state index contributed by atoms with van der Waals surface area (Å²) >= 11 is 6.30. The third kappa shape index (κ3) is 4.67. The van der Waals surface area contributed by atoms with Crippen LogP contribution in [0.15, 0.2) is 47.4 Å². The van der Waals surface area contributed by atoms with Gasteiger partial charge in [0.15, 0.2) is 11.5 Å². The molecule has 0 radical (unpaired) electrons. The van der Waals surface area contributed by atoms with E-state index < -0.39 is 17.3 Å². The molecule has 0 fully saturated rings. The fraction of sp³-hybridized carbons (Fsp3) is 0.273. The van der Waals surface area contributed by atoms with Crippen LogP contribution in [0.5, 0.6) is 11.5 Å². The van der Waals surface area contributed by atoms with E-state index in [4.69, 9.17) is 21.1 Å². The van der Waals surface area contributed by atoms with Crippen molar-refractivity contribution in [2.75, 3.05) is 26.2 Å². The van der Waals surface area contributed by atoms with Crippen LogP contribution in [0.25, 0.3) is 5.69 Å². The zero-order chi connectivity index (χ0) is 23.6. The standard InChI is InChI=1S/C22H21ClF3N3O3/c1-13-8-18(31-3)19(32-4)9-14(13)12-28(2)17-11-27-29(21(30)20(17)23)16-7-5-6-15(10-16)22(24,25)26/h5-11H,12H2,1-4H3. The maximum atomic E-state index is 13.0. The first kappa shape index (κ1) is 23.5. The van der Waals surface area contributed by atoms with Crippen LogP contribution >= 0.6 is 11.6 Å². The summed E-state index contributed by atoms with van der Waals surface area (Å²) in [5.74, 6) is 1.16. The van der Waals surface area contributed by atoms with Gasteiger partial charge in [0.05, 0.1) is 37.4 Å². The Labute approximate surface area is 187 Å². The Kier molecular flexibility index (Phi) is 6.68. The van der Waals surface area contributed by atoms with Crippen LogP contribution in [-0.2, 0) is 12.7 Å². The lowest BCUT2D eigenvalue weighted by Crippen LogP contribution is -2.26. The average molecular weight is 468 g/mol. The third-order valence-corrected chi connectivity index (χ3v) is 5.33. The van der Waals surface area contributed by atoms with Gasteiger partial charge in [-0.1, -0.05) is 17.7 Å². The van der Waals surface area contributed by atoms with E-state index in [0.717, 1.165) is 27.9 Å². The second-order valence-corrected chi connectivity index (χ2v) is 7.48. The lowest BCUT2D eigenvalue weighted by molar-refractivity contribution is -0.137. The molecule has 0 N–H and O–H groups in total. The Morgan fingerprint density at radius 2 is 1.78 bits per heavy atom. The highest BCUT2D eigenvalue weighted by Gasteiger charge is 2.30. The molecule has 2 aromatic carbocycles. The first-order chi connectivity index (χ1) is 15.1. The number of benzene rings is 2. The molecule has 10 heteroatoms. The number of aromatic nitrogens is 2. The number of hydrogen-bond acceptors (Lipinski definition) is 5. The summed E-state index contributed by atoms with van der Waals surface area (Å²) in [5, 5.41) is 3.89. The summed E-state index contributed by atoms with van der Waals surface area (Å²) < 4.78 is 50.5. The molecule has 0 atom stereocenters. The number of methoxy groups -OCH3 is 2. The van der Waals surface area contributed by atoms with Gasteiger partial charge >= 0.3 is 6.18 Å². The van der Waals surface area contributed by atoms with E-state index in [2.05, 4.69) is 5.10 Å². The zero-order valence-corrected chi connectivity index (χ0v) is 18.6. The van der Waals surface area contributed by atoms with Crippen molar-refractivity contribution in [1.29, 1.82) is 0 Å². The number of halogens is 4. The summed E-state index contributed by atoms with van der Waals surface area (Å²) in [7, 11) is 4.82. The Balaban J connectivity index is 1.95. The number of rotatable bonds is 6. The number of hydrogen-bond donors (Lipinski definition) is 0. The number of nitrogens with zero attached hydrogens (tertiary/aromatic N) is 3. The quantitative estimate of drug-likeness (QED) is 0.518. The van der Waals surface area contributed by atoms with Crippen molar-refractivity contribution in [1.82, 2.24) is 9.78 Å². The van der Waals surface area contributed by atoms with Crippen LogP contribution in [-0.4, -0.2) is 31.0 Å². The van der Waals surface area contributed by atoms with Crippen molar-refractivity contribution < 1.29 is 22.6 Å². The Morgan fingerprint density at radius 1 is 1.12 bits per heavy atom. The lowest BCUT2D eigenvalue weighted by Gasteiger charge is -2.22. The molecule has 3 aromatic rings. The van der Waals surface area contributed by atoms with E-state index >= 15 is 0 Å². The van der Waals surface area contributed by atoms with Crippen molar-refractivity contribution in [3.8, 4) is 17.2 Å². The van der Waals surface area contributed by atoms with Crippen molar-refractivity contribution >= 4 is 17.3 Å². The molecular formula is C22H21ClF3N3O3. The van der Waals surface area contributed by atoms with Crippen LogP contribution in [0, 0.1) is 6.92 Å². The van der Waals surface area contributed by atoms with E-state index in [1.165, 1.54) is 25.4 Å². The molecular weight excluding hydrogens is 447 g/mol. The second kappa shape index (κ2) is 9.12. The first-order valence-corrected chi connectivity index (χ1v) is 9.82. The van der Waals surface area contributed by atoms with Gasteiger partial charge in [-0.25, -0.2) is 0 Å². The van der Waals surface area contributed by atoms with Gasteiger partial charge in [0.1, 0.15) is 5.02 Å². The van der Waals surface area contributed by atoms with Crippen LogP contribution in [0.2, 0.25) is 5.02 Å². The first-order valence-electron chi connectivity index (χ1n) is 9.45. The molecule has 0 aliphatic carbocycles. The molecule has 0 spiro atoms.